The van der Waals surface area contributed by atoms with Crippen LogP contribution >= 0.6 is 0 Å². The third-order valence-electron chi connectivity index (χ3n) is 5.19. The van der Waals surface area contributed by atoms with Crippen molar-refractivity contribution in [2.75, 3.05) is 18.8 Å². The SMILES string of the molecule is CC(C)(CS(=O)(=O)N1Cc2ccccc2C1)NCC(=O)N1CCC[C@H]1C#N. The molecule has 8 heteroatoms. The van der Waals surface area contributed by atoms with E-state index < -0.39 is 15.6 Å². The molecule has 0 saturated carbocycles. The summed E-state index contributed by atoms with van der Waals surface area (Å²) in [6, 6.07) is 9.52. The van der Waals surface area contributed by atoms with Crippen molar-refractivity contribution in [3.63, 3.8) is 0 Å². The lowest BCUT2D eigenvalue weighted by atomic mass is 10.1. The molecule has 2 aliphatic rings. The van der Waals surface area contributed by atoms with Crippen LogP contribution in [0, 0.1) is 11.3 Å². The Morgan fingerprint density at radius 1 is 1.30 bits per heavy atom. The average molecular weight is 391 g/mol. The van der Waals surface area contributed by atoms with Gasteiger partial charge in [-0.1, -0.05) is 24.3 Å². The molecular formula is C19H26N4O3S. The van der Waals surface area contributed by atoms with Crippen molar-refractivity contribution >= 4 is 15.9 Å². The third kappa shape index (κ3) is 4.49. The largest absolute Gasteiger partial charge is 0.326 e. The summed E-state index contributed by atoms with van der Waals surface area (Å²) in [6.07, 6.45) is 1.53. The predicted molar refractivity (Wildman–Crippen MR) is 102 cm³/mol. The Labute approximate surface area is 161 Å². The van der Waals surface area contributed by atoms with E-state index in [4.69, 9.17) is 5.26 Å². The predicted octanol–water partition coefficient (Wildman–Crippen LogP) is 1.21. The topological polar surface area (TPSA) is 93.5 Å². The van der Waals surface area contributed by atoms with Gasteiger partial charge in [-0.15, -0.1) is 0 Å². The molecule has 3 rings (SSSR count). The molecule has 1 fully saturated rings. The fraction of sp³-hybridized carbons (Fsp3) is 0.579. The van der Waals surface area contributed by atoms with Crippen LogP contribution in [0.5, 0.6) is 0 Å². The minimum absolute atomic E-state index is 0.0287. The van der Waals surface area contributed by atoms with Gasteiger partial charge in [0.15, 0.2) is 0 Å². The minimum Gasteiger partial charge on any atom is -0.326 e. The molecule has 0 spiro atoms. The van der Waals surface area contributed by atoms with Gasteiger partial charge in [-0.05, 0) is 37.8 Å². The van der Waals surface area contributed by atoms with Crippen LogP contribution in [0.2, 0.25) is 0 Å². The molecule has 146 valence electrons. The van der Waals surface area contributed by atoms with Gasteiger partial charge in [0.1, 0.15) is 6.04 Å². The molecule has 1 amide bonds. The number of hydrogen-bond acceptors (Lipinski definition) is 5. The minimum atomic E-state index is -3.47. The van der Waals surface area contributed by atoms with E-state index in [9.17, 15) is 13.2 Å². The van der Waals surface area contributed by atoms with E-state index in [0.29, 0.717) is 26.1 Å². The van der Waals surface area contributed by atoms with Crippen LogP contribution in [-0.4, -0.2) is 54.0 Å². The van der Waals surface area contributed by atoms with Crippen molar-refractivity contribution in [1.82, 2.24) is 14.5 Å². The highest BCUT2D eigenvalue weighted by Gasteiger charge is 2.35. The van der Waals surface area contributed by atoms with E-state index in [1.54, 1.807) is 18.7 Å². The summed E-state index contributed by atoms with van der Waals surface area (Å²) in [6.45, 7) is 4.97. The van der Waals surface area contributed by atoms with Crippen LogP contribution in [0.15, 0.2) is 24.3 Å². The van der Waals surface area contributed by atoms with Crippen molar-refractivity contribution in [2.24, 2.45) is 0 Å². The molecule has 2 aliphatic heterocycles. The van der Waals surface area contributed by atoms with E-state index in [0.717, 1.165) is 17.5 Å². The van der Waals surface area contributed by atoms with E-state index in [2.05, 4.69) is 11.4 Å². The number of carbonyl (C=O) groups is 1. The molecule has 27 heavy (non-hydrogen) atoms. The Morgan fingerprint density at radius 3 is 2.52 bits per heavy atom. The number of benzene rings is 1. The number of fused-ring (bicyclic) bond motifs is 1. The van der Waals surface area contributed by atoms with Crippen LogP contribution in [0.1, 0.15) is 37.8 Å². The van der Waals surface area contributed by atoms with Gasteiger partial charge in [0.2, 0.25) is 15.9 Å². The number of nitriles is 1. The Balaban J connectivity index is 1.57. The van der Waals surface area contributed by atoms with Gasteiger partial charge in [0, 0.05) is 25.2 Å². The van der Waals surface area contributed by atoms with Crippen LogP contribution in [-0.2, 0) is 27.9 Å². The van der Waals surface area contributed by atoms with Crippen molar-refractivity contribution < 1.29 is 13.2 Å². The second-order valence-corrected chi connectivity index (χ2v) is 9.87. The maximum Gasteiger partial charge on any atom is 0.237 e. The Kier molecular flexibility index (Phi) is 5.56. The van der Waals surface area contributed by atoms with Gasteiger partial charge in [-0.25, -0.2) is 8.42 Å². The van der Waals surface area contributed by atoms with Gasteiger partial charge in [0.25, 0.3) is 0 Å². The standard InChI is InChI=1S/C19H26N4O3S/c1-19(2,21-11-18(24)23-9-5-8-17(23)10-20)14-27(25,26)22-12-15-6-3-4-7-16(15)13-22/h3-4,6-7,17,21H,5,8-9,11-14H2,1-2H3/t17-/m0/s1. The van der Waals surface area contributed by atoms with E-state index in [1.165, 1.54) is 4.31 Å². The molecule has 0 aromatic heterocycles. The van der Waals surface area contributed by atoms with E-state index >= 15 is 0 Å². The Morgan fingerprint density at radius 2 is 1.93 bits per heavy atom. The number of hydrogen-bond donors (Lipinski definition) is 1. The number of amides is 1. The van der Waals surface area contributed by atoms with Crippen molar-refractivity contribution in [1.29, 1.82) is 5.26 Å². The van der Waals surface area contributed by atoms with Gasteiger partial charge < -0.3 is 10.2 Å². The Hall–Kier alpha value is -1.95. The lowest BCUT2D eigenvalue weighted by molar-refractivity contribution is -0.130. The molecular weight excluding hydrogens is 364 g/mol. The van der Waals surface area contributed by atoms with Crippen molar-refractivity contribution in [3.8, 4) is 6.07 Å². The van der Waals surface area contributed by atoms with Gasteiger partial charge in [-0.2, -0.15) is 9.57 Å². The zero-order chi connectivity index (χ0) is 19.7. The van der Waals surface area contributed by atoms with Crippen molar-refractivity contribution in [3.05, 3.63) is 35.4 Å². The third-order valence-corrected chi connectivity index (χ3v) is 7.32. The molecule has 2 heterocycles. The maximum atomic E-state index is 12.9. The summed E-state index contributed by atoms with van der Waals surface area (Å²) in [4.78, 5) is 14.0. The van der Waals surface area contributed by atoms with Crippen LogP contribution in [0.3, 0.4) is 0 Å². The molecule has 0 radical (unpaired) electrons. The van der Waals surface area contributed by atoms with Crippen LogP contribution in [0.25, 0.3) is 0 Å². The molecule has 0 bridgehead atoms. The van der Waals surface area contributed by atoms with E-state index in [1.807, 2.05) is 24.3 Å². The highest BCUT2D eigenvalue weighted by atomic mass is 32.2. The molecule has 0 unspecified atom stereocenters. The maximum absolute atomic E-state index is 12.9. The van der Waals surface area contributed by atoms with Crippen molar-refractivity contribution in [2.45, 2.75) is 51.4 Å². The zero-order valence-electron chi connectivity index (χ0n) is 15.8. The lowest BCUT2D eigenvalue weighted by Gasteiger charge is -2.29. The lowest BCUT2D eigenvalue weighted by Crippen LogP contribution is -2.52. The summed E-state index contributed by atoms with van der Waals surface area (Å²) < 4.78 is 27.2. The molecule has 1 aromatic rings. The summed E-state index contributed by atoms with van der Waals surface area (Å²) in [7, 11) is -3.47. The number of likely N-dealkylation sites (tertiary alicyclic amines) is 1. The molecule has 1 N–H and O–H groups in total. The van der Waals surface area contributed by atoms with Gasteiger partial charge in [-0.3, -0.25) is 4.79 Å². The van der Waals surface area contributed by atoms with Gasteiger partial charge in [0.05, 0.1) is 18.4 Å². The zero-order valence-corrected chi connectivity index (χ0v) is 16.6. The molecule has 1 saturated heterocycles. The van der Waals surface area contributed by atoms with Crippen LogP contribution in [0.4, 0.5) is 0 Å². The molecule has 0 aliphatic carbocycles. The molecule has 1 atom stereocenters. The van der Waals surface area contributed by atoms with Crippen LogP contribution < -0.4 is 5.32 Å². The molecule has 7 nitrogen and oxygen atoms in total. The number of carbonyl (C=O) groups excluding carboxylic acids is 1. The summed E-state index contributed by atoms with van der Waals surface area (Å²) in [5, 5.41) is 12.2. The number of nitrogens with zero attached hydrogens (tertiary/aromatic N) is 3. The van der Waals surface area contributed by atoms with Gasteiger partial charge >= 0.3 is 0 Å². The summed E-state index contributed by atoms with van der Waals surface area (Å²) >= 11 is 0. The smallest absolute Gasteiger partial charge is 0.237 e. The fourth-order valence-corrected chi connectivity index (χ4v) is 5.58. The number of rotatable bonds is 6. The molecule has 1 aromatic carbocycles. The normalized spacial score (nSPS) is 20.5. The Bertz CT molecular complexity index is 835. The highest BCUT2D eigenvalue weighted by molar-refractivity contribution is 7.89. The quantitative estimate of drug-likeness (QED) is 0.788. The fourth-order valence-electron chi connectivity index (χ4n) is 3.71. The first-order valence-corrected chi connectivity index (χ1v) is 10.8. The van der Waals surface area contributed by atoms with E-state index in [-0.39, 0.29) is 24.2 Å². The number of sulfonamides is 1. The first kappa shape index (κ1) is 19.8. The first-order chi connectivity index (χ1) is 12.7. The second kappa shape index (κ2) is 7.58. The second-order valence-electron chi connectivity index (χ2n) is 7.90. The number of nitrogens with one attached hydrogen (secondary N) is 1. The monoisotopic (exact) mass is 390 g/mol. The first-order valence-electron chi connectivity index (χ1n) is 9.20. The summed E-state index contributed by atoms with van der Waals surface area (Å²) in [5.41, 5.74) is 1.32. The average Bonchev–Trinajstić information content (AvgIpc) is 3.25. The highest BCUT2D eigenvalue weighted by Crippen LogP contribution is 2.26. The summed E-state index contributed by atoms with van der Waals surface area (Å²) in [5.74, 6) is -0.249.